The van der Waals surface area contributed by atoms with Gasteiger partial charge in [-0.15, -0.1) is 0 Å². The maximum atomic E-state index is 12.1. The number of sulfone groups is 1. The maximum absolute atomic E-state index is 12.1. The van der Waals surface area contributed by atoms with Gasteiger partial charge in [0.1, 0.15) is 0 Å². The highest BCUT2D eigenvalue weighted by atomic mass is 32.2. The van der Waals surface area contributed by atoms with E-state index in [2.05, 4.69) is 5.32 Å². The Morgan fingerprint density at radius 3 is 2.33 bits per heavy atom. The zero-order chi connectivity index (χ0) is 17.7. The van der Waals surface area contributed by atoms with Crippen molar-refractivity contribution in [2.45, 2.75) is 11.8 Å². The summed E-state index contributed by atoms with van der Waals surface area (Å²) < 4.78 is 28.3. The molecule has 1 amide bonds. The SMILES string of the molecule is Cc1ccccc1NC(=O)COC(=O)c1ccccc1S(C)(=O)=O. The van der Waals surface area contributed by atoms with E-state index >= 15 is 0 Å². The summed E-state index contributed by atoms with van der Waals surface area (Å²) >= 11 is 0. The lowest BCUT2D eigenvalue weighted by molar-refractivity contribution is -0.119. The Hall–Kier alpha value is -2.67. The molecule has 0 aromatic heterocycles. The highest BCUT2D eigenvalue weighted by Crippen LogP contribution is 2.16. The van der Waals surface area contributed by atoms with Crippen LogP contribution >= 0.6 is 0 Å². The standard InChI is InChI=1S/C17H17NO5S/c1-12-7-3-5-9-14(12)18-16(19)11-23-17(20)13-8-4-6-10-15(13)24(2,21)22/h3-10H,11H2,1-2H3,(H,18,19). The fourth-order valence-electron chi connectivity index (χ4n) is 2.07. The van der Waals surface area contributed by atoms with E-state index < -0.39 is 28.3 Å². The molecule has 24 heavy (non-hydrogen) atoms. The van der Waals surface area contributed by atoms with Crippen molar-refractivity contribution in [2.75, 3.05) is 18.2 Å². The highest BCUT2D eigenvalue weighted by molar-refractivity contribution is 7.90. The number of carbonyl (C=O) groups is 2. The van der Waals surface area contributed by atoms with E-state index in [4.69, 9.17) is 4.74 Å². The lowest BCUT2D eigenvalue weighted by Gasteiger charge is -2.10. The lowest BCUT2D eigenvalue weighted by Crippen LogP contribution is -2.22. The number of carbonyl (C=O) groups excluding carboxylic acids is 2. The molecular weight excluding hydrogens is 330 g/mol. The monoisotopic (exact) mass is 347 g/mol. The van der Waals surface area contributed by atoms with Gasteiger partial charge in [0, 0.05) is 11.9 Å². The molecule has 0 aliphatic heterocycles. The molecule has 0 aliphatic carbocycles. The molecule has 2 aromatic rings. The number of anilines is 1. The summed E-state index contributed by atoms with van der Waals surface area (Å²) in [6.45, 7) is 1.33. The number of nitrogens with one attached hydrogen (secondary N) is 1. The second kappa shape index (κ2) is 7.27. The van der Waals surface area contributed by atoms with Crippen molar-refractivity contribution >= 4 is 27.4 Å². The molecule has 0 aliphatic rings. The topological polar surface area (TPSA) is 89.5 Å². The van der Waals surface area contributed by atoms with Gasteiger partial charge in [-0.2, -0.15) is 0 Å². The number of aryl methyl sites for hydroxylation is 1. The minimum Gasteiger partial charge on any atom is -0.452 e. The Morgan fingerprint density at radius 1 is 1.04 bits per heavy atom. The first-order chi connectivity index (χ1) is 11.3. The molecule has 0 saturated heterocycles. The van der Waals surface area contributed by atoms with Crippen LogP contribution in [0.4, 0.5) is 5.69 Å². The fraction of sp³-hybridized carbons (Fsp3) is 0.176. The molecule has 0 fully saturated rings. The highest BCUT2D eigenvalue weighted by Gasteiger charge is 2.20. The van der Waals surface area contributed by atoms with Crippen molar-refractivity contribution in [3.05, 3.63) is 59.7 Å². The Kier molecular flexibility index (Phi) is 5.35. The van der Waals surface area contributed by atoms with E-state index in [1.807, 2.05) is 19.1 Å². The van der Waals surface area contributed by atoms with E-state index in [9.17, 15) is 18.0 Å². The third kappa shape index (κ3) is 4.42. The van der Waals surface area contributed by atoms with Gasteiger partial charge in [-0.25, -0.2) is 13.2 Å². The Bertz CT molecular complexity index is 874. The Labute approximate surface area is 140 Å². The van der Waals surface area contributed by atoms with Crippen molar-refractivity contribution in [3.63, 3.8) is 0 Å². The first kappa shape index (κ1) is 17.7. The maximum Gasteiger partial charge on any atom is 0.339 e. The minimum absolute atomic E-state index is 0.0938. The van der Waals surface area contributed by atoms with Gasteiger partial charge in [-0.3, -0.25) is 4.79 Å². The summed E-state index contributed by atoms with van der Waals surface area (Å²) in [7, 11) is -3.57. The first-order valence-corrected chi connectivity index (χ1v) is 9.00. The smallest absolute Gasteiger partial charge is 0.339 e. The third-order valence-electron chi connectivity index (χ3n) is 3.26. The normalized spacial score (nSPS) is 10.9. The van der Waals surface area contributed by atoms with Gasteiger partial charge in [0.2, 0.25) is 0 Å². The number of esters is 1. The Balaban J connectivity index is 2.04. The molecule has 0 heterocycles. The molecule has 7 heteroatoms. The van der Waals surface area contributed by atoms with Gasteiger partial charge in [-0.05, 0) is 30.7 Å². The van der Waals surface area contributed by atoms with Gasteiger partial charge in [0.15, 0.2) is 16.4 Å². The molecule has 126 valence electrons. The lowest BCUT2D eigenvalue weighted by atomic mass is 10.2. The largest absolute Gasteiger partial charge is 0.452 e. The van der Waals surface area contributed by atoms with Crippen molar-refractivity contribution in [2.24, 2.45) is 0 Å². The van der Waals surface area contributed by atoms with Crippen LogP contribution in [-0.4, -0.2) is 33.2 Å². The molecule has 6 nitrogen and oxygen atoms in total. The average Bonchev–Trinajstić information content (AvgIpc) is 2.54. The summed E-state index contributed by atoms with van der Waals surface area (Å²) in [4.78, 5) is 23.8. The molecule has 0 unspecified atom stereocenters. The summed E-state index contributed by atoms with van der Waals surface area (Å²) in [6.07, 6.45) is 1.00. The fourth-order valence-corrected chi connectivity index (χ4v) is 2.94. The molecular formula is C17H17NO5S. The molecule has 2 rings (SSSR count). The summed E-state index contributed by atoms with van der Waals surface area (Å²) in [5.74, 6) is -1.37. The Morgan fingerprint density at radius 2 is 1.67 bits per heavy atom. The van der Waals surface area contributed by atoms with Crippen molar-refractivity contribution < 1.29 is 22.7 Å². The molecule has 0 spiro atoms. The van der Waals surface area contributed by atoms with Crippen LogP contribution in [0.25, 0.3) is 0 Å². The number of para-hydroxylation sites is 1. The number of benzene rings is 2. The van der Waals surface area contributed by atoms with Crippen LogP contribution in [-0.2, 0) is 19.4 Å². The minimum atomic E-state index is -3.57. The summed E-state index contributed by atoms with van der Waals surface area (Å²) in [5, 5.41) is 2.63. The zero-order valence-electron chi connectivity index (χ0n) is 13.3. The predicted octanol–water partition coefficient (Wildman–Crippen LogP) is 2.19. The van der Waals surface area contributed by atoms with Gasteiger partial charge in [0.05, 0.1) is 10.5 Å². The van der Waals surface area contributed by atoms with Gasteiger partial charge in [0.25, 0.3) is 5.91 Å². The number of hydrogen-bond acceptors (Lipinski definition) is 5. The van der Waals surface area contributed by atoms with Crippen molar-refractivity contribution in [1.82, 2.24) is 0 Å². The molecule has 0 bridgehead atoms. The molecule has 0 atom stereocenters. The van der Waals surface area contributed by atoms with Gasteiger partial charge >= 0.3 is 5.97 Å². The van der Waals surface area contributed by atoms with E-state index in [-0.39, 0.29) is 10.5 Å². The molecule has 2 aromatic carbocycles. The third-order valence-corrected chi connectivity index (χ3v) is 4.41. The number of rotatable bonds is 5. The van der Waals surface area contributed by atoms with E-state index in [0.717, 1.165) is 11.8 Å². The second-order valence-corrected chi connectivity index (χ2v) is 7.19. The summed E-state index contributed by atoms with van der Waals surface area (Å²) in [6, 6.07) is 12.9. The van der Waals surface area contributed by atoms with Gasteiger partial charge < -0.3 is 10.1 Å². The van der Waals surface area contributed by atoms with Gasteiger partial charge in [-0.1, -0.05) is 30.3 Å². The predicted molar refractivity (Wildman–Crippen MR) is 89.6 cm³/mol. The average molecular weight is 347 g/mol. The first-order valence-electron chi connectivity index (χ1n) is 7.11. The molecule has 1 N–H and O–H groups in total. The second-order valence-electron chi connectivity index (χ2n) is 5.21. The quantitative estimate of drug-likeness (QED) is 0.838. The van der Waals surface area contributed by atoms with Crippen molar-refractivity contribution in [1.29, 1.82) is 0 Å². The van der Waals surface area contributed by atoms with Crippen LogP contribution in [0.5, 0.6) is 0 Å². The van der Waals surface area contributed by atoms with Crippen molar-refractivity contribution in [3.8, 4) is 0 Å². The number of hydrogen-bond donors (Lipinski definition) is 1. The van der Waals surface area contributed by atoms with E-state index in [0.29, 0.717) is 5.69 Å². The molecule has 0 saturated carbocycles. The van der Waals surface area contributed by atoms with Crippen LogP contribution in [0.15, 0.2) is 53.4 Å². The van der Waals surface area contributed by atoms with Crippen LogP contribution in [0.2, 0.25) is 0 Å². The van der Waals surface area contributed by atoms with Crippen LogP contribution < -0.4 is 5.32 Å². The zero-order valence-corrected chi connectivity index (χ0v) is 14.1. The van der Waals surface area contributed by atoms with Crippen LogP contribution in [0.3, 0.4) is 0 Å². The van der Waals surface area contributed by atoms with E-state index in [1.165, 1.54) is 24.3 Å². The summed E-state index contributed by atoms with van der Waals surface area (Å²) in [5.41, 5.74) is 1.40. The van der Waals surface area contributed by atoms with E-state index in [1.54, 1.807) is 12.1 Å². The van der Waals surface area contributed by atoms with Crippen LogP contribution in [0, 0.1) is 6.92 Å². The number of ether oxygens (including phenoxy) is 1. The molecule has 0 radical (unpaired) electrons. The number of amides is 1. The van der Waals surface area contributed by atoms with Crippen LogP contribution in [0.1, 0.15) is 15.9 Å².